The molecule has 0 bridgehead atoms. The number of aliphatic carboxylic acids is 1. The zero-order valence-electron chi connectivity index (χ0n) is 11.6. The molecule has 1 amide bonds. The van der Waals surface area contributed by atoms with Crippen molar-refractivity contribution in [1.29, 1.82) is 0 Å². The van der Waals surface area contributed by atoms with Crippen LogP contribution < -0.4 is 0 Å². The summed E-state index contributed by atoms with van der Waals surface area (Å²) in [4.78, 5) is 24.9. The fourth-order valence-electron chi connectivity index (χ4n) is 2.92. The van der Waals surface area contributed by atoms with Gasteiger partial charge >= 0.3 is 5.97 Å². The van der Waals surface area contributed by atoms with Gasteiger partial charge < -0.3 is 14.7 Å². The van der Waals surface area contributed by atoms with E-state index in [1.807, 2.05) is 0 Å². The van der Waals surface area contributed by atoms with Crippen LogP contribution in [0.1, 0.15) is 26.2 Å². The third kappa shape index (κ3) is 2.17. The van der Waals surface area contributed by atoms with Gasteiger partial charge in [0.25, 0.3) is 5.92 Å². The van der Waals surface area contributed by atoms with Crippen molar-refractivity contribution in [1.82, 2.24) is 4.90 Å². The summed E-state index contributed by atoms with van der Waals surface area (Å²) in [6.07, 6.45) is 0.399. The van der Waals surface area contributed by atoms with Gasteiger partial charge in [0.2, 0.25) is 5.91 Å². The number of carboxylic acids is 1. The molecule has 0 aromatic rings. The first-order valence-corrected chi connectivity index (χ1v) is 6.58. The lowest BCUT2D eigenvalue weighted by molar-refractivity contribution is -0.161. The molecular weight excluding hydrogens is 272 g/mol. The number of amides is 1. The van der Waals surface area contributed by atoms with Crippen molar-refractivity contribution in [2.45, 2.75) is 32.1 Å². The van der Waals surface area contributed by atoms with Crippen molar-refractivity contribution in [2.75, 3.05) is 26.8 Å². The molecule has 2 unspecified atom stereocenters. The van der Waals surface area contributed by atoms with Crippen molar-refractivity contribution in [3.05, 3.63) is 0 Å². The van der Waals surface area contributed by atoms with E-state index < -0.39 is 35.0 Å². The van der Waals surface area contributed by atoms with Gasteiger partial charge in [-0.25, -0.2) is 8.78 Å². The maximum atomic E-state index is 13.3. The Morgan fingerprint density at radius 1 is 1.40 bits per heavy atom. The average molecular weight is 291 g/mol. The second kappa shape index (κ2) is 4.65. The first-order chi connectivity index (χ1) is 9.18. The molecule has 2 aliphatic rings. The molecule has 0 radical (unpaired) electrons. The fraction of sp³-hybridized carbons (Fsp3) is 0.846. The lowest BCUT2D eigenvalue weighted by atomic mass is 9.80. The monoisotopic (exact) mass is 291 g/mol. The molecule has 1 N–H and O–H groups in total. The summed E-state index contributed by atoms with van der Waals surface area (Å²) < 4.78 is 31.5. The van der Waals surface area contributed by atoms with Crippen LogP contribution in [0.25, 0.3) is 0 Å². The molecule has 5 nitrogen and oxygen atoms in total. The van der Waals surface area contributed by atoms with E-state index in [2.05, 4.69) is 0 Å². The van der Waals surface area contributed by atoms with Gasteiger partial charge in [-0.3, -0.25) is 9.59 Å². The molecule has 0 aromatic carbocycles. The third-order valence-electron chi connectivity index (χ3n) is 4.47. The topological polar surface area (TPSA) is 66.8 Å². The van der Waals surface area contributed by atoms with Crippen LogP contribution in [0.4, 0.5) is 8.78 Å². The van der Waals surface area contributed by atoms with Crippen LogP contribution in [0.15, 0.2) is 0 Å². The van der Waals surface area contributed by atoms with Gasteiger partial charge in [-0.2, -0.15) is 0 Å². The minimum absolute atomic E-state index is 0.0286. The Bertz CT molecular complexity index is 438. The second-order valence-electron chi connectivity index (χ2n) is 6.06. The predicted octanol–water partition coefficient (Wildman–Crippen LogP) is 1.37. The van der Waals surface area contributed by atoms with Crippen molar-refractivity contribution < 1.29 is 28.2 Å². The Kier molecular flexibility index (Phi) is 3.52. The number of halogens is 2. The summed E-state index contributed by atoms with van der Waals surface area (Å²) in [6.45, 7) is 1.46. The molecule has 20 heavy (non-hydrogen) atoms. The molecule has 1 aliphatic heterocycles. The molecule has 1 saturated heterocycles. The largest absolute Gasteiger partial charge is 0.481 e. The number of carbonyl (C=O) groups is 2. The van der Waals surface area contributed by atoms with E-state index in [0.717, 1.165) is 0 Å². The third-order valence-corrected chi connectivity index (χ3v) is 4.47. The van der Waals surface area contributed by atoms with Crippen LogP contribution in [0, 0.1) is 10.8 Å². The van der Waals surface area contributed by atoms with Crippen molar-refractivity contribution >= 4 is 11.9 Å². The summed E-state index contributed by atoms with van der Waals surface area (Å²) in [5.74, 6) is -4.68. The van der Waals surface area contributed by atoms with E-state index in [1.54, 1.807) is 0 Å². The highest BCUT2D eigenvalue weighted by Gasteiger charge is 2.73. The Hall–Kier alpha value is -1.24. The molecule has 2 atom stereocenters. The molecule has 2 fully saturated rings. The summed E-state index contributed by atoms with van der Waals surface area (Å²) in [7, 11) is 1.39. The van der Waals surface area contributed by atoms with Gasteiger partial charge in [0, 0.05) is 26.6 Å². The maximum absolute atomic E-state index is 13.3. The molecule has 2 rings (SSSR count). The second-order valence-corrected chi connectivity index (χ2v) is 6.06. The van der Waals surface area contributed by atoms with Crippen LogP contribution >= 0.6 is 0 Å². The maximum Gasteiger partial charge on any atom is 0.313 e. The van der Waals surface area contributed by atoms with Crippen LogP contribution in [-0.2, 0) is 14.3 Å². The van der Waals surface area contributed by atoms with Crippen molar-refractivity contribution in [2.24, 2.45) is 10.8 Å². The molecule has 0 aromatic heterocycles. The quantitative estimate of drug-likeness (QED) is 0.849. The van der Waals surface area contributed by atoms with Crippen LogP contribution in [0.5, 0.6) is 0 Å². The molecule has 0 spiro atoms. The van der Waals surface area contributed by atoms with Crippen molar-refractivity contribution in [3.63, 3.8) is 0 Å². The molecule has 7 heteroatoms. The number of alkyl halides is 2. The normalized spacial score (nSPS) is 35.7. The van der Waals surface area contributed by atoms with Gasteiger partial charge in [-0.05, 0) is 19.8 Å². The van der Waals surface area contributed by atoms with Gasteiger partial charge in [-0.15, -0.1) is 0 Å². The standard InChI is InChI=1S/C13H19F2NO4/c1-11(6-13(11,14)15)9(17)16-5-3-4-12(7-16,8-20-2)10(18)19/h3-8H2,1-2H3,(H,18,19). The van der Waals surface area contributed by atoms with E-state index in [1.165, 1.54) is 18.9 Å². The zero-order valence-corrected chi connectivity index (χ0v) is 11.6. The minimum atomic E-state index is -2.98. The summed E-state index contributed by atoms with van der Waals surface area (Å²) in [5.41, 5.74) is -2.86. The van der Waals surface area contributed by atoms with Crippen molar-refractivity contribution in [3.8, 4) is 0 Å². The van der Waals surface area contributed by atoms with E-state index in [9.17, 15) is 23.5 Å². The van der Waals surface area contributed by atoms with E-state index in [-0.39, 0.29) is 13.2 Å². The SMILES string of the molecule is COCC1(C(=O)O)CCCN(C(=O)C2(C)CC2(F)F)C1. The van der Waals surface area contributed by atoms with Gasteiger partial charge in [0.05, 0.1) is 6.61 Å². The Morgan fingerprint density at radius 3 is 2.45 bits per heavy atom. The summed E-state index contributed by atoms with van der Waals surface area (Å²) in [6, 6.07) is 0. The van der Waals surface area contributed by atoms with Gasteiger partial charge in [-0.1, -0.05) is 0 Å². The Balaban J connectivity index is 2.15. The smallest absolute Gasteiger partial charge is 0.313 e. The first kappa shape index (κ1) is 15.2. The average Bonchev–Trinajstić information content (AvgIpc) is 2.89. The Labute approximate surface area is 115 Å². The molecule has 114 valence electrons. The van der Waals surface area contributed by atoms with Gasteiger partial charge in [0.15, 0.2) is 0 Å². The predicted molar refractivity (Wildman–Crippen MR) is 65.4 cm³/mol. The molecule has 1 aliphatic carbocycles. The number of rotatable bonds is 4. The van der Waals surface area contributed by atoms with E-state index >= 15 is 0 Å². The Morgan fingerprint density at radius 2 is 2.00 bits per heavy atom. The minimum Gasteiger partial charge on any atom is -0.481 e. The number of carboxylic acid groups (broad SMARTS) is 1. The lowest BCUT2D eigenvalue weighted by Crippen LogP contribution is -2.53. The highest BCUT2D eigenvalue weighted by molar-refractivity contribution is 5.88. The summed E-state index contributed by atoms with van der Waals surface area (Å²) >= 11 is 0. The van der Waals surface area contributed by atoms with Crippen LogP contribution in [0.3, 0.4) is 0 Å². The lowest BCUT2D eigenvalue weighted by Gasteiger charge is -2.40. The van der Waals surface area contributed by atoms with Crippen LogP contribution in [0.2, 0.25) is 0 Å². The fourth-order valence-corrected chi connectivity index (χ4v) is 2.92. The number of hydrogen-bond donors (Lipinski definition) is 1. The first-order valence-electron chi connectivity index (χ1n) is 6.58. The number of ether oxygens (including phenoxy) is 1. The highest BCUT2D eigenvalue weighted by atomic mass is 19.3. The number of hydrogen-bond acceptors (Lipinski definition) is 3. The molecular formula is C13H19F2NO4. The number of methoxy groups -OCH3 is 1. The number of piperidine rings is 1. The van der Waals surface area contributed by atoms with Crippen LogP contribution in [-0.4, -0.2) is 54.6 Å². The number of carbonyl (C=O) groups excluding carboxylic acids is 1. The summed E-state index contributed by atoms with van der Waals surface area (Å²) in [5, 5.41) is 9.37. The van der Waals surface area contributed by atoms with E-state index in [4.69, 9.17) is 4.74 Å². The van der Waals surface area contributed by atoms with E-state index in [0.29, 0.717) is 19.4 Å². The molecule has 1 saturated carbocycles. The number of likely N-dealkylation sites (tertiary alicyclic amines) is 1. The molecule has 1 heterocycles. The zero-order chi connectivity index (χ0) is 15.2. The van der Waals surface area contributed by atoms with Gasteiger partial charge in [0.1, 0.15) is 10.8 Å². The number of nitrogens with zero attached hydrogens (tertiary/aromatic N) is 1. The highest BCUT2D eigenvalue weighted by Crippen LogP contribution is 2.61.